The van der Waals surface area contributed by atoms with Gasteiger partial charge in [0.05, 0.1) is 5.56 Å². The molecule has 23 heavy (non-hydrogen) atoms. The molecule has 1 aliphatic heterocycles. The number of benzene rings is 1. The van der Waals surface area contributed by atoms with Gasteiger partial charge in [-0.15, -0.1) is 11.3 Å². The molecule has 2 heterocycles. The summed E-state index contributed by atoms with van der Waals surface area (Å²) in [5, 5.41) is 4.98. The van der Waals surface area contributed by atoms with Gasteiger partial charge < -0.3 is 5.32 Å². The van der Waals surface area contributed by atoms with Crippen molar-refractivity contribution in [2.75, 3.05) is 13.1 Å². The molecule has 0 saturated heterocycles. The molecule has 3 nitrogen and oxygen atoms in total. The largest absolute Gasteiger partial charge is 0.350 e. The lowest BCUT2D eigenvalue weighted by Crippen LogP contribution is -2.44. The first-order valence-electron chi connectivity index (χ1n) is 7.57. The highest BCUT2D eigenvalue weighted by Crippen LogP contribution is 2.25. The molecule has 0 saturated carbocycles. The Kier molecular flexibility index (Phi) is 5.14. The number of hydrogen-bond acceptors (Lipinski definition) is 3. The predicted octanol–water partition coefficient (Wildman–Crippen LogP) is 3.83. The monoisotopic (exact) mass is 396 g/mol. The number of carbonyl (C=O) groups excluding carboxylic acids is 1. The number of thiophene rings is 1. The van der Waals surface area contributed by atoms with Gasteiger partial charge in [-0.05, 0) is 48.6 Å². The predicted molar refractivity (Wildman–Crippen MR) is 94.3 cm³/mol. The number of carbonyl (C=O) groups is 1. The number of nitrogens with one attached hydrogen (secondary N) is 1. The van der Waals surface area contributed by atoms with Gasteiger partial charge in [-0.3, -0.25) is 9.69 Å². The second kappa shape index (κ2) is 7.11. The fourth-order valence-electron chi connectivity index (χ4n) is 2.78. The summed E-state index contributed by atoms with van der Waals surface area (Å²) in [5.41, 5.74) is 1.46. The molecular formula is C17H18BrFN2OS. The third-order valence-corrected chi connectivity index (χ3v) is 5.71. The number of amides is 1. The maximum absolute atomic E-state index is 13.7. The van der Waals surface area contributed by atoms with E-state index in [0.717, 1.165) is 19.5 Å². The molecule has 0 aliphatic carbocycles. The van der Waals surface area contributed by atoms with E-state index in [4.69, 9.17) is 0 Å². The molecule has 3 rings (SSSR count). The molecule has 1 N–H and O–H groups in total. The molecule has 0 radical (unpaired) electrons. The quantitative estimate of drug-likeness (QED) is 0.851. The van der Waals surface area contributed by atoms with Crippen LogP contribution in [-0.2, 0) is 13.0 Å². The third-order valence-electron chi connectivity index (χ3n) is 4.19. The minimum atomic E-state index is -0.501. The first-order valence-corrected chi connectivity index (χ1v) is 9.24. The van der Waals surface area contributed by atoms with E-state index in [1.165, 1.54) is 22.6 Å². The Labute approximate surface area is 147 Å². The van der Waals surface area contributed by atoms with Crippen LogP contribution in [0.15, 0.2) is 34.1 Å². The Bertz CT molecular complexity index is 718. The van der Waals surface area contributed by atoms with E-state index in [-0.39, 0.29) is 17.5 Å². The molecular weight excluding hydrogens is 379 g/mol. The second-order valence-corrected chi connectivity index (χ2v) is 7.69. The van der Waals surface area contributed by atoms with Gasteiger partial charge in [-0.2, -0.15) is 0 Å². The van der Waals surface area contributed by atoms with Crippen LogP contribution in [0.1, 0.15) is 27.7 Å². The van der Waals surface area contributed by atoms with Crippen LogP contribution in [0.2, 0.25) is 0 Å². The van der Waals surface area contributed by atoms with Gasteiger partial charge in [0, 0.05) is 35.0 Å². The zero-order valence-corrected chi connectivity index (χ0v) is 15.2. The molecule has 0 spiro atoms. The molecule has 1 atom stereocenters. The molecule has 0 fully saturated rings. The van der Waals surface area contributed by atoms with Crippen LogP contribution >= 0.6 is 27.3 Å². The van der Waals surface area contributed by atoms with Crippen LogP contribution in [0.25, 0.3) is 0 Å². The summed E-state index contributed by atoms with van der Waals surface area (Å²) in [7, 11) is 0. The van der Waals surface area contributed by atoms with E-state index in [0.29, 0.717) is 11.0 Å². The average Bonchev–Trinajstić information content (AvgIpc) is 3.02. The molecule has 1 unspecified atom stereocenters. The molecule has 1 amide bonds. The zero-order valence-electron chi connectivity index (χ0n) is 12.8. The summed E-state index contributed by atoms with van der Waals surface area (Å²) in [6.07, 6.45) is 1.06. The molecule has 1 aromatic carbocycles. The van der Waals surface area contributed by atoms with E-state index < -0.39 is 5.82 Å². The Morgan fingerprint density at radius 1 is 1.48 bits per heavy atom. The minimum Gasteiger partial charge on any atom is -0.350 e. The fraction of sp³-hybridized carbons (Fsp3) is 0.353. The lowest BCUT2D eigenvalue weighted by Gasteiger charge is -2.32. The van der Waals surface area contributed by atoms with Crippen LogP contribution in [0.3, 0.4) is 0 Å². The molecule has 2 aromatic rings. The van der Waals surface area contributed by atoms with Crippen LogP contribution in [0.4, 0.5) is 4.39 Å². The average molecular weight is 397 g/mol. The van der Waals surface area contributed by atoms with E-state index in [1.54, 1.807) is 6.07 Å². The van der Waals surface area contributed by atoms with Gasteiger partial charge in [0.2, 0.25) is 0 Å². The summed E-state index contributed by atoms with van der Waals surface area (Å²) in [6.45, 7) is 4.51. The zero-order chi connectivity index (χ0) is 16.4. The van der Waals surface area contributed by atoms with Crippen LogP contribution in [0, 0.1) is 5.82 Å². The highest BCUT2D eigenvalue weighted by atomic mass is 79.9. The van der Waals surface area contributed by atoms with E-state index in [9.17, 15) is 9.18 Å². The normalized spacial score (nSPS) is 16.0. The molecule has 1 aromatic heterocycles. The summed E-state index contributed by atoms with van der Waals surface area (Å²) in [6, 6.07) is 6.77. The van der Waals surface area contributed by atoms with Crippen LogP contribution in [-0.4, -0.2) is 29.9 Å². The Hall–Kier alpha value is -1.24. The van der Waals surface area contributed by atoms with Crippen molar-refractivity contribution in [3.05, 3.63) is 55.9 Å². The number of hydrogen-bond donors (Lipinski definition) is 1. The van der Waals surface area contributed by atoms with E-state index >= 15 is 0 Å². The second-order valence-electron chi connectivity index (χ2n) is 5.77. The first-order chi connectivity index (χ1) is 11.0. The topological polar surface area (TPSA) is 32.3 Å². The smallest absolute Gasteiger partial charge is 0.254 e. The van der Waals surface area contributed by atoms with E-state index in [1.807, 2.05) is 11.3 Å². The van der Waals surface area contributed by atoms with Gasteiger partial charge in [-0.1, -0.05) is 15.9 Å². The van der Waals surface area contributed by atoms with Gasteiger partial charge >= 0.3 is 0 Å². The highest BCUT2D eigenvalue weighted by Gasteiger charge is 2.22. The van der Waals surface area contributed by atoms with Gasteiger partial charge in [-0.25, -0.2) is 4.39 Å². The van der Waals surface area contributed by atoms with Crippen LogP contribution in [0.5, 0.6) is 0 Å². The number of fused-ring (bicyclic) bond motifs is 1. The lowest BCUT2D eigenvalue weighted by atomic mass is 10.1. The van der Waals surface area contributed by atoms with E-state index in [2.05, 4.69) is 44.5 Å². The Balaban J connectivity index is 1.58. The Morgan fingerprint density at radius 3 is 3.13 bits per heavy atom. The number of nitrogens with zero attached hydrogens (tertiary/aromatic N) is 1. The standard InChI is InChI=1S/C17H18BrFN2OS/c1-11(21-6-4-16-12(10-21)5-7-23-16)9-20-17(22)14-8-13(18)2-3-15(14)19/h2-3,5,7-8,11H,4,6,9-10H2,1H3,(H,20,22). The van der Waals surface area contributed by atoms with Crippen molar-refractivity contribution in [3.8, 4) is 0 Å². The van der Waals surface area contributed by atoms with Crippen molar-refractivity contribution in [2.45, 2.75) is 25.9 Å². The van der Waals surface area contributed by atoms with Gasteiger partial charge in [0.15, 0.2) is 0 Å². The summed E-state index contributed by atoms with van der Waals surface area (Å²) in [5.74, 6) is -0.872. The van der Waals surface area contributed by atoms with Gasteiger partial charge in [0.1, 0.15) is 5.82 Å². The molecule has 1 aliphatic rings. The molecule has 6 heteroatoms. The SMILES string of the molecule is CC(CNC(=O)c1cc(Br)ccc1F)N1CCc2sccc2C1. The molecule has 0 bridgehead atoms. The maximum atomic E-state index is 13.7. The third kappa shape index (κ3) is 3.82. The minimum absolute atomic E-state index is 0.0744. The van der Waals surface area contributed by atoms with Crippen molar-refractivity contribution in [1.82, 2.24) is 10.2 Å². The first kappa shape index (κ1) is 16.6. The summed E-state index contributed by atoms with van der Waals surface area (Å²) >= 11 is 5.08. The summed E-state index contributed by atoms with van der Waals surface area (Å²) < 4.78 is 14.4. The number of rotatable bonds is 4. The van der Waals surface area contributed by atoms with Crippen molar-refractivity contribution >= 4 is 33.2 Å². The lowest BCUT2D eigenvalue weighted by molar-refractivity contribution is 0.0928. The highest BCUT2D eigenvalue weighted by molar-refractivity contribution is 9.10. The maximum Gasteiger partial charge on any atom is 0.254 e. The van der Waals surface area contributed by atoms with Crippen molar-refractivity contribution < 1.29 is 9.18 Å². The van der Waals surface area contributed by atoms with Crippen molar-refractivity contribution in [3.63, 3.8) is 0 Å². The van der Waals surface area contributed by atoms with Crippen molar-refractivity contribution in [1.29, 1.82) is 0 Å². The van der Waals surface area contributed by atoms with Gasteiger partial charge in [0.25, 0.3) is 5.91 Å². The van der Waals surface area contributed by atoms with Crippen LogP contribution < -0.4 is 5.32 Å². The summed E-state index contributed by atoms with van der Waals surface area (Å²) in [4.78, 5) is 16.0. The fourth-order valence-corrected chi connectivity index (χ4v) is 4.03. The van der Waals surface area contributed by atoms with Crippen molar-refractivity contribution in [2.24, 2.45) is 0 Å². The Morgan fingerprint density at radius 2 is 2.30 bits per heavy atom. The molecule has 122 valence electrons. The number of halogens is 2.